The summed E-state index contributed by atoms with van der Waals surface area (Å²) < 4.78 is 25.8. The van der Waals surface area contributed by atoms with Gasteiger partial charge in [-0.25, -0.2) is 8.78 Å². The van der Waals surface area contributed by atoms with Crippen LogP contribution in [-0.4, -0.2) is 17.4 Å². The Kier molecular flexibility index (Phi) is 4.96. The zero-order valence-electron chi connectivity index (χ0n) is 9.00. The third-order valence-corrected chi connectivity index (χ3v) is 2.27. The van der Waals surface area contributed by atoms with Crippen molar-refractivity contribution in [2.24, 2.45) is 5.73 Å². The molecular formula is C11H12F2N2OS. The van der Waals surface area contributed by atoms with E-state index in [-0.39, 0.29) is 5.56 Å². The zero-order chi connectivity index (χ0) is 12.8. The van der Waals surface area contributed by atoms with E-state index in [1.54, 1.807) is 0 Å². The van der Waals surface area contributed by atoms with Crippen molar-refractivity contribution in [2.75, 3.05) is 6.54 Å². The van der Waals surface area contributed by atoms with Crippen LogP contribution < -0.4 is 11.1 Å². The van der Waals surface area contributed by atoms with Gasteiger partial charge < -0.3 is 11.1 Å². The van der Waals surface area contributed by atoms with Crippen LogP contribution in [0.3, 0.4) is 0 Å². The lowest BCUT2D eigenvalue weighted by Crippen LogP contribution is -2.26. The smallest absolute Gasteiger partial charge is 0.254 e. The molecule has 0 bridgehead atoms. The second kappa shape index (κ2) is 6.24. The van der Waals surface area contributed by atoms with Gasteiger partial charge in [-0.1, -0.05) is 12.2 Å². The van der Waals surface area contributed by atoms with E-state index in [0.29, 0.717) is 30.4 Å². The first kappa shape index (κ1) is 13.5. The van der Waals surface area contributed by atoms with E-state index in [2.05, 4.69) is 17.5 Å². The third kappa shape index (κ3) is 4.44. The van der Waals surface area contributed by atoms with Crippen molar-refractivity contribution in [3.8, 4) is 0 Å². The molecule has 0 spiro atoms. The van der Waals surface area contributed by atoms with Crippen molar-refractivity contribution < 1.29 is 13.6 Å². The normalized spacial score (nSPS) is 10.0. The summed E-state index contributed by atoms with van der Waals surface area (Å²) >= 11 is 4.67. The number of rotatable bonds is 5. The van der Waals surface area contributed by atoms with Gasteiger partial charge in [-0.3, -0.25) is 4.79 Å². The number of benzene rings is 1. The van der Waals surface area contributed by atoms with Crippen LogP contribution in [0.1, 0.15) is 23.2 Å². The molecule has 3 N–H and O–H groups in total. The molecule has 6 heteroatoms. The Morgan fingerprint density at radius 3 is 2.71 bits per heavy atom. The number of hydrogen-bond acceptors (Lipinski definition) is 2. The van der Waals surface area contributed by atoms with E-state index in [1.807, 2.05) is 0 Å². The lowest BCUT2D eigenvalue weighted by molar-refractivity contribution is 0.0949. The summed E-state index contributed by atoms with van der Waals surface area (Å²) in [5, 5.41) is 2.50. The molecule has 1 aromatic carbocycles. The molecule has 0 aliphatic rings. The van der Waals surface area contributed by atoms with Crippen molar-refractivity contribution in [3.05, 3.63) is 35.4 Å². The lowest BCUT2D eigenvalue weighted by atomic mass is 10.2. The van der Waals surface area contributed by atoms with E-state index >= 15 is 0 Å². The molecule has 0 radical (unpaired) electrons. The monoisotopic (exact) mass is 258 g/mol. The maximum atomic E-state index is 13.2. The van der Waals surface area contributed by atoms with Gasteiger partial charge in [0.05, 0.1) is 10.6 Å². The van der Waals surface area contributed by atoms with Crippen LogP contribution in [0, 0.1) is 11.6 Å². The highest BCUT2D eigenvalue weighted by molar-refractivity contribution is 7.80. The third-order valence-electron chi connectivity index (χ3n) is 2.06. The highest BCUT2D eigenvalue weighted by atomic mass is 32.1. The zero-order valence-corrected chi connectivity index (χ0v) is 9.82. The summed E-state index contributed by atoms with van der Waals surface area (Å²) in [4.78, 5) is 11.9. The number of nitrogens with one attached hydrogen (secondary N) is 1. The standard InChI is InChI=1S/C11H12F2N2OS/c12-7-3-4-8(9(13)6-7)11(16)15-5-1-2-10(14)17/h3-4,6H,1-2,5H2,(H2,14,17)(H,15,16). The Balaban J connectivity index is 2.50. The van der Waals surface area contributed by atoms with Crippen LogP contribution in [-0.2, 0) is 0 Å². The molecule has 0 heterocycles. The SMILES string of the molecule is NC(=S)CCCNC(=O)c1ccc(F)cc1F. The molecule has 1 rings (SSSR count). The van der Waals surface area contributed by atoms with Crippen LogP contribution in [0.2, 0.25) is 0 Å². The van der Waals surface area contributed by atoms with Gasteiger partial charge in [-0.15, -0.1) is 0 Å². The number of halogens is 2. The van der Waals surface area contributed by atoms with Crippen LogP contribution in [0.15, 0.2) is 18.2 Å². The number of nitrogens with two attached hydrogens (primary N) is 1. The summed E-state index contributed by atoms with van der Waals surface area (Å²) in [7, 11) is 0. The molecule has 0 fully saturated rings. The molecule has 0 aliphatic carbocycles. The maximum absolute atomic E-state index is 13.2. The summed E-state index contributed by atoms with van der Waals surface area (Å²) in [5.74, 6) is -2.17. The molecule has 1 aromatic rings. The molecule has 0 unspecified atom stereocenters. The first-order valence-electron chi connectivity index (χ1n) is 5.02. The topological polar surface area (TPSA) is 55.1 Å². The largest absolute Gasteiger partial charge is 0.393 e. The number of amides is 1. The molecule has 0 saturated heterocycles. The van der Waals surface area contributed by atoms with E-state index < -0.39 is 17.5 Å². The predicted octanol–water partition coefficient (Wildman–Crippen LogP) is 1.76. The first-order valence-corrected chi connectivity index (χ1v) is 5.43. The highest BCUT2D eigenvalue weighted by Crippen LogP contribution is 2.09. The minimum atomic E-state index is -0.878. The Bertz CT molecular complexity index is 437. The average Bonchev–Trinajstić information content (AvgIpc) is 2.23. The molecule has 17 heavy (non-hydrogen) atoms. The van der Waals surface area contributed by atoms with Gasteiger partial charge in [0.25, 0.3) is 5.91 Å². The fourth-order valence-electron chi connectivity index (χ4n) is 1.23. The van der Waals surface area contributed by atoms with Gasteiger partial charge in [0.2, 0.25) is 0 Å². The Labute approximate surface area is 103 Å². The fourth-order valence-corrected chi connectivity index (χ4v) is 1.38. The van der Waals surface area contributed by atoms with Crippen molar-refractivity contribution in [1.29, 1.82) is 0 Å². The van der Waals surface area contributed by atoms with Crippen molar-refractivity contribution in [3.63, 3.8) is 0 Å². The maximum Gasteiger partial charge on any atom is 0.254 e. The van der Waals surface area contributed by atoms with E-state index in [4.69, 9.17) is 5.73 Å². The van der Waals surface area contributed by atoms with Gasteiger partial charge in [0.1, 0.15) is 11.6 Å². The van der Waals surface area contributed by atoms with Crippen molar-refractivity contribution in [2.45, 2.75) is 12.8 Å². The predicted molar refractivity (Wildman–Crippen MR) is 64.7 cm³/mol. The van der Waals surface area contributed by atoms with E-state index in [1.165, 1.54) is 0 Å². The second-order valence-corrected chi connectivity index (χ2v) is 3.97. The Morgan fingerprint density at radius 2 is 2.12 bits per heavy atom. The molecular weight excluding hydrogens is 246 g/mol. The molecule has 0 aromatic heterocycles. The molecule has 1 amide bonds. The van der Waals surface area contributed by atoms with Crippen molar-refractivity contribution >= 4 is 23.1 Å². The first-order chi connectivity index (χ1) is 8.00. The van der Waals surface area contributed by atoms with Gasteiger partial charge in [-0.2, -0.15) is 0 Å². The average molecular weight is 258 g/mol. The molecule has 3 nitrogen and oxygen atoms in total. The minimum absolute atomic E-state index is 0.179. The van der Waals surface area contributed by atoms with Crippen LogP contribution in [0.5, 0.6) is 0 Å². The number of carbonyl (C=O) groups excluding carboxylic acids is 1. The van der Waals surface area contributed by atoms with Crippen molar-refractivity contribution in [1.82, 2.24) is 5.32 Å². The Morgan fingerprint density at radius 1 is 1.41 bits per heavy atom. The van der Waals surface area contributed by atoms with E-state index in [9.17, 15) is 13.6 Å². The van der Waals surface area contributed by atoms with Crippen LogP contribution >= 0.6 is 12.2 Å². The van der Waals surface area contributed by atoms with E-state index in [0.717, 1.165) is 12.1 Å². The summed E-state index contributed by atoms with van der Waals surface area (Å²) in [6.45, 7) is 0.340. The number of carbonyl (C=O) groups is 1. The number of thiocarbonyl (C=S) groups is 1. The Hall–Kier alpha value is -1.56. The summed E-state index contributed by atoms with van der Waals surface area (Å²) in [6, 6.07) is 2.81. The summed E-state index contributed by atoms with van der Waals surface area (Å²) in [6.07, 6.45) is 1.10. The van der Waals surface area contributed by atoms with Gasteiger partial charge in [0, 0.05) is 12.6 Å². The van der Waals surface area contributed by atoms with Crippen LogP contribution in [0.25, 0.3) is 0 Å². The molecule has 0 aliphatic heterocycles. The summed E-state index contributed by atoms with van der Waals surface area (Å²) in [5.41, 5.74) is 5.10. The van der Waals surface area contributed by atoms with Gasteiger partial charge in [-0.05, 0) is 25.0 Å². The van der Waals surface area contributed by atoms with Crippen LogP contribution in [0.4, 0.5) is 8.78 Å². The van der Waals surface area contributed by atoms with Gasteiger partial charge >= 0.3 is 0 Å². The van der Waals surface area contributed by atoms with Gasteiger partial charge in [0.15, 0.2) is 0 Å². The lowest BCUT2D eigenvalue weighted by Gasteiger charge is -2.05. The minimum Gasteiger partial charge on any atom is -0.393 e. The number of hydrogen-bond donors (Lipinski definition) is 2. The second-order valence-electron chi connectivity index (χ2n) is 3.45. The molecule has 0 atom stereocenters. The quantitative estimate of drug-likeness (QED) is 0.625. The molecule has 0 saturated carbocycles. The molecule has 92 valence electrons. The highest BCUT2D eigenvalue weighted by Gasteiger charge is 2.11. The fraction of sp³-hybridized carbons (Fsp3) is 0.273.